The SMILES string of the molecule is c1ccc(-c2c3ccccc3c(-c3ccc(C45C6CCC4C4CCC6C45c4ccc(-c5c6ccccc6c(-c6ccccc6)c6ccccc56)cc4)cc3)c3ccccc23)cc1. The van der Waals surface area contributed by atoms with Crippen molar-refractivity contribution in [3.8, 4) is 44.5 Å². The average molecular weight is 791 g/mol. The van der Waals surface area contributed by atoms with Crippen molar-refractivity contribution in [2.24, 2.45) is 23.7 Å². The molecule has 0 amide bonds. The zero-order chi connectivity index (χ0) is 40.6. The summed E-state index contributed by atoms with van der Waals surface area (Å²) in [6, 6.07) is 78.4. The summed E-state index contributed by atoms with van der Waals surface area (Å²) in [4.78, 5) is 0. The molecule has 10 aromatic rings. The van der Waals surface area contributed by atoms with Gasteiger partial charge in [0, 0.05) is 10.8 Å². The van der Waals surface area contributed by atoms with E-state index in [4.69, 9.17) is 0 Å². The zero-order valence-electron chi connectivity index (χ0n) is 34.8. The van der Waals surface area contributed by atoms with E-state index in [1.807, 2.05) is 0 Å². The smallest absolute Gasteiger partial charge is 0.0118 e. The Morgan fingerprint density at radius 1 is 0.226 bits per heavy atom. The lowest BCUT2D eigenvalue weighted by atomic mass is 9.24. The quantitative estimate of drug-likeness (QED) is 0.147. The Hall–Kier alpha value is -6.76. The van der Waals surface area contributed by atoms with Gasteiger partial charge in [0.15, 0.2) is 0 Å². The van der Waals surface area contributed by atoms with Gasteiger partial charge in [-0.2, -0.15) is 0 Å². The summed E-state index contributed by atoms with van der Waals surface area (Å²) in [6.45, 7) is 0. The lowest BCUT2D eigenvalue weighted by Crippen LogP contribution is -2.80. The predicted octanol–water partition coefficient (Wildman–Crippen LogP) is 16.2. The van der Waals surface area contributed by atoms with Crippen LogP contribution in [0.2, 0.25) is 0 Å². The van der Waals surface area contributed by atoms with Crippen molar-refractivity contribution in [2.45, 2.75) is 36.5 Å². The molecule has 4 saturated carbocycles. The van der Waals surface area contributed by atoms with Gasteiger partial charge in [-0.25, -0.2) is 0 Å². The minimum absolute atomic E-state index is 0.233. The normalized spacial score (nSPS) is 24.3. The fourth-order valence-corrected chi connectivity index (χ4v) is 15.2. The first-order valence-corrected chi connectivity index (χ1v) is 23.0. The van der Waals surface area contributed by atoms with Gasteiger partial charge >= 0.3 is 0 Å². The first-order valence-electron chi connectivity index (χ1n) is 23.0. The summed E-state index contributed by atoms with van der Waals surface area (Å²) in [5, 5.41) is 10.6. The maximum atomic E-state index is 2.57. The van der Waals surface area contributed by atoms with Crippen molar-refractivity contribution in [1.82, 2.24) is 0 Å². The fraction of sp³-hybridized carbons (Fsp3) is 0.161. The number of rotatable bonds is 6. The lowest BCUT2D eigenvalue weighted by Gasteiger charge is -2.78. The van der Waals surface area contributed by atoms with Crippen LogP contribution in [-0.2, 0) is 10.8 Å². The average Bonchev–Trinajstić information content (AvgIpc) is 3.66. The molecule has 62 heavy (non-hydrogen) atoms. The molecule has 294 valence electrons. The maximum absolute atomic E-state index is 2.57. The number of hydrogen-bond acceptors (Lipinski definition) is 0. The monoisotopic (exact) mass is 790 g/mol. The van der Waals surface area contributed by atoms with Crippen LogP contribution in [0.3, 0.4) is 0 Å². The summed E-state index contributed by atoms with van der Waals surface area (Å²) in [6.07, 6.45) is 5.54. The first kappa shape index (κ1) is 34.9. The number of fused-ring (bicyclic) bond motifs is 6. The molecular formula is C62H46. The van der Waals surface area contributed by atoms with Crippen LogP contribution >= 0.6 is 0 Å². The maximum Gasteiger partial charge on any atom is 0.0118 e. The molecule has 4 atom stereocenters. The fourth-order valence-electron chi connectivity index (χ4n) is 15.2. The molecule has 0 aromatic heterocycles. The molecule has 0 aliphatic heterocycles. The van der Waals surface area contributed by atoms with Gasteiger partial charge in [-0.15, -0.1) is 0 Å². The molecule has 0 radical (unpaired) electrons. The predicted molar refractivity (Wildman–Crippen MR) is 260 cm³/mol. The van der Waals surface area contributed by atoms with E-state index in [9.17, 15) is 0 Å². The van der Waals surface area contributed by atoms with E-state index in [2.05, 4.69) is 206 Å². The molecule has 0 heteroatoms. The van der Waals surface area contributed by atoms with Gasteiger partial charge in [0.1, 0.15) is 0 Å². The van der Waals surface area contributed by atoms with Crippen LogP contribution in [-0.4, -0.2) is 0 Å². The Morgan fingerprint density at radius 3 is 0.677 bits per heavy atom. The van der Waals surface area contributed by atoms with Gasteiger partial charge in [0.25, 0.3) is 0 Å². The number of hydrogen-bond donors (Lipinski definition) is 0. The zero-order valence-corrected chi connectivity index (χ0v) is 34.8. The first-order chi connectivity index (χ1) is 30.8. The van der Waals surface area contributed by atoms with Crippen LogP contribution in [0, 0.1) is 23.7 Å². The van der Waals surface area contributed by atoms with Crippen LogP contribution in [0.5, 0.6) is 0 Å². The van der Waals surface area contributed by atoms with Gasteiger partial charge in [-0.1, -0.05) is 206 Å². The lowest BCUT2D eigenvalue weighted by molar-refractivity contribution is -0.195. The van der Waals surface area contributed by atoms with Crippen molar-refractivity contribution in [1.29, 1.82) is 0 Å². The molecular weight excluding hydrogens is 745 g/mol. The van der Waals surface area contributed by atoms with E-state index >= 15 is 0 Å². The van der Waals surface area contributed by atoms with E-state index in [0.717, 1.165) is 23.7 Å². The van der Waals surface area contributed by atoms with Gasteiger partial charge in [-0.05, 0) is 148 Å². The Balaban J connectivity index is 0.894. The standard InChI is InChI=1S/C62H46/c1-3-15-39(16-4-1)57-45-19-7-11-23-49(45)59(50-24-12-8-20-46(50)57)41-27-31-43(32-28-41)61-53-35-36-54(61)56-38-37-55(53)62(56,61)44-33-29-42(30-34-44)60-51-25-13-9-21-47(51)58(40-17-5-2-6-18-40)48-22-10-14-26-52(48)60/h1-34,53-56H,35-38H2. The van der Waals surface area contributed by atoms with Crippen molar-refractivity contribution >= 4 is 43.1 Å². The van der Waals surface area contributed by atoms with Gasteiger partial charge in [0.05, 0.1) is 0 Å². The summed E-state index contributed by atoms with van der Waals surface area (Å²) < 4.78 is 0. The molecule has 4 fully saturated rings. The Labute approximate surface area is 363 Å². The molecule has 0 bridgehead atoms. The second kappa shape index (κ2) is 12.9. The van der Waals surface area contributed by atoms with Crippen molar-refractivity contribution < 1.29 is 0 Å². The van der Waals surface area contributed by atoms with Crippen LogP contribution in [0.4, 0.5) is 0 Å². The highest BCUT2D eigenvalue weighted by atomic mass is 14.9. The topological polar surface area (TPSA) is 0 Å². The molecule has 14 rings (SSSR count). The molecule has 10 aromatic carbocycles. The van der Waals surface area contributed by atoms with E-state index < -0.39 is 0 Å². The summed E-state index contributed by atoms with van der Waals surface area (Å²) in [5.41, 5.74) is 14.2. The van der Waals surface area contributed by atoms with Crippen LogP contribution in [0.15, 0.2) is 206 Å². The van der Waals surface area contributed by atoms with E-state index in [0.29, 0.717) is 0 Å². The highest BCUT2D eigenvalue weighted by Gasteiger charge is 2.88. The minimum atomic E-state index is 0.233. The molecule has 4 aliphatic carbocycles. The molecule has 4 aliphatic rings. The Bertz CT molecular complexity index is 3050. The van der Waals surface area contributed by atoms with Gasteiger partial charge in [0.2, 0.25) is 0 Å². The molecule has 0 heterocycles. The van der Waals surface area contributed by atoms with Crippen molar-refractivity contribution in [3.05, 3.63) is 217 Å². The van der Waals surface area contributed by atoms with Crippen LogP contribution in [0.25, 0.3) is 87.6 Å². The summed E-state index contributed by atoms with van der Waals surface area (Å²) >= 11 is 0. The van der Waals surface area contributed by atoms with Crippen molar-refractivity contribution in [3.63, 3.8) is 0 Å². The minimum Gasteiger partial charge on any atom is -0.0622 e. The molecule has 4 unspecified atom stereocenters. The highest BCUT2D eigenvalue weighted by Crippen LogP contribution is 2.90. The largest absolute Gasteiger partial charge is 0.0622 e. The third-order valence-corrected chi connectivity index (χ3v) is 16.9. The van der Waals surface area contributed by atoms with Gasteiger partial charge < -0.3 is 0 Å². The summed E-state index contributed by atoms with van der Waals surface area (Å²) in [5.74, 6) is 3.12. The highest BCUT2D eigenvalue weighted by molar-refractivity contribution is 6.22. The Kier molecular flexibility index (Phi) is 7.25. The van der Waals surface area contributed by atoms with E-state index in [1.54, 1.807) is 11.1 Å². The van der Waals surface area contributed by atoms with E-state index in [1.165, 1.54) is 113 Å². The van der Waals surface area contributed by atoms with Crippen molar-refractivity contribution in [2.75, 3.05) is 0 Å². The third kappa shape index (κ3) is 4.28. The third-order valence-electron chi connectivity index (χ3n) is 16.9. The summed E-state index contributed by atoms with van der Waals surface area (Å²) in [7, 11) is 0. The molecule has 0 N–H and O–H groups in total. The van der Waals surface area contributed by atoms with E-state index in [-0.39, 0.29) is 10.8 Å². The van der Waals surface area contributed by atoms with Gasteiger partial charge in [-0.3, -0.25) is 0 Å². The van der Waals surface area contributed by atoms with Crippen LogP contribution in [0.1, 0.15) is 36.8 Å². The number of benzene rings is 10. The Morgan fingerprint density at radius 2 is 0.435 bits per heavy atom. The second-order valence-corrected chi connectivity index (χ2v) is 18.9. The molecule has 0 saturated heterocycles. The second-order valence-electron chi connectivity index (χ2n) is 18.9. The molecule has 0 nitrogen and oxygen atoms in total. The molecule has 0 spiro atoms. The van der Waals surface area contributed by atoms with Crippen LogP contribution < -0.4 is 0 Å².